The number of ether oxygens (including phenoxy) is 2. The van der Waals surface area contributed by atoms with E-state index in [9.17, 15) is 18.8 Å². The average Bonchev–Trinajstić information content (AvgIpc) is 3.46. The summed E-state index contributed by atoms with van der Waals surface area (Å²) in [7, 11) is 2.98. The van der Waals surface area contributed by atoms with E-state index in [0.717, 1.165) is 0 Å². The lowest BCUT2D eigenvalue weighted by Gasteiger charge is -2.37. The van der Waals surface area contributed by atoms with Crippen molar-refractivity contribution in [3.05, 3.63) is 130 Å². The Morgan fingerprint density at radius 1 is 0.884 bits per heavy atom. The number of nitrogens with zero attached hydrogens (tertiary/aromatic N) is 1. The summed E-state index contributed by atoms with van der Waals surface area (Å²) < 4.78 is 25.9. The standard InChI is InChI=1S/C35H25ClFNO5/c1-42-27-13-7-11-24(32(27)43-2)29-30(31(39)23-10-5-6-12-25(23)36)38-26-16-15-20(37)18-19(26)14-17-28(38)35(29)33(40)21-8-3-4-9-22(21)34(35)41/h3-18,28-30H,1-2H3/t28-,29+,30+/m1/s1. The Kier molecular flexibility index (Phi) is 6.25. The summed E-state index contributed by atoms with van der Waals surface area (Å²) in [6.45, 7) is 0. The molecule has 0 unspecified atom stereocenters. The lowest BCUT2D eigenvalue weighted by molar-refractivity contribution is 0.0664. The maximum atomic E-state index is 14.8. The normalized spacial score (nSPS) is 21.0. The molecule has 1 spiro atoms. The molecule has 0 saturated carbocycles. The van der Waals surface area contributed by atoms with Crippen molar-refractivity contribution in [3.8, 4) is 11.5 Å². The van der Waals surface area contributed by atoms with E-state index in [2.05, 4.69) is 0 Å². The van der Waals surface area contributed by atoms with Crippen LogP contribution in [0.5, 0.6) is 11.5 Å². The number of Topliss-reactive ketones (excluding diaryl/α,β-unsaturated/α-hetero) is 3. The second-order valence-electron chi connectivity index (χ2n) is 10.8. The van der Waals surface area contributed by atoms with Gasteiger partial charge in [0.2, 0.25) is 0 Å². The zero-order chi connectivity index (χ0) is 30.0. The molecule has 3 atom stereocenters. The Morgan fingerprint density at radius 3 is 2.26 bits per heavy atom. The van der Waals surface area contributed by atoms with Crippen molar-refractivity contribution in [1.29, 1.82) is 0 Å². The highest BCUT2D eigenvalue weighted by molar-refractivity contribution is 6.35. The Hall–Kier alpha value is -4.75. The van der Waals surface area contributed by atoms with E-state index < -0.39 is 29.2 Å². The largest absolute Gasteiger partial charge is 0.493 e. The van der Waals surface area contributed by atoms with Crippen LogP contribution < -0.4 is 14.4 Å². The molecule has 8 heteroatoms. The third kappa shape index (κ3) is 3.61. The molecule has 3 aliphatic rings. The average molecular weight is 594 g/mol. The van der Waals surface area contributed by atoms with Gasteiger partial charge in [0, 0.05) is 39.4 Å². The fraction of sp³-hybridized carbons (Fsp3) is 0.171. The number of para-hydroxylation sites is 1. The minimum absolute atomic E-state index is 0.237. The first kappa shape index (κ1) is 27.1. The van der Waals surface area contributed by atoms with Gasteiger partial charge in [-0.2, -0.15) is 0 Å². The number of rotatable bonds is 5. The molecule has 4 aromatic rings. The van der Waals surface area contributed by atoms with Gasteiger partial charge in [-0.3, -0.25) is 14.4 Å². The minimum atomic E-state index is -1.76. The van der Waals surface area contributed by atoms with Gasteiger partial charge in [0.25, 0.3) is 0 Å². The smallest absolute Gasteiger partial charge is 0.187 e. The van der Waals surface area contributed by atoms with Gasteiger partial charge in [-0.25, -0.2) is 4.39 Å². The van der Waals surface area contributed by atoms with Gasteiger partial charge in [0.05, 0.1) is 25.3 Å². The molecule has 0 radical (unpaired) electrons. The number of anilines is 1. The number of hydrogen-bond donors (Lipinski definition) is 0. The van der Waals surface area contributed by atoms with E-state index in [-0.39, 0.29) is 27.9 Å². The van der Waals surface area contributed by atoms with Gasteiger partial charge in [-0.1, -0.05) is 72.3 Å². The van der Waals surface area contributed by atoms with E-state index >= 15 is 0 Å². The molecular weight excluding hydrogens is 569 g/mol. The van der Waals surface area contributed by atoms with Crippen LogP contribution in [-0.4, -0.2) is 43.7 Å². The van der Waals surface area contributed by atoms with Crippen LogP contribution in [0.3, 0.4) is 0 Å². The van der Waals surface area contributed by atoms with E-state index in [4.69, 9.17) is 21.1 Å². The zero-order valence-corrected chi connectivity index (χ0v) is 24.0. The molecule has 0 amide bonds. The number of hydrogen-bond acceptors (Lipinski definition) is 6. The lowest BCUT2D eigenvalue weighted by atomic mass is 9.64. The van der Waals surface area contributed by atoms with Crippen LogP contribution in [0.4, 0.5) is 10.1 Å². The molecule has 0 aromatic heterocycles. The van der Waals surface area contributed by atoms with Gasteiger partial charge >= 0.3 is 0 Å². The highest BCUT2D eigenvalue weighted by Crippen LogP contribution is 2.62. The molecular formula is C35H25ClFNO5. The highest BCUT2D eigenvalue weighted by Gasteiger charge is 2.72. The molecule has 0 N–H and O–H groups in total. The van der Waals surface area contributed by atoms with Gasteiger partial charge < -0.3 is 14.4 Å². The van der Waals surface area contributed by atoms with Gasteiger partial charge in [0.15, 0.2) is 28.8 Å². The predicted octanol–water partition coefficient (Wildman–Crippen LogP) is 6.81. The van der Waals surface area contributed by atoms with Crippen molar-refractivity contribution in [3.63, 3.8) is 0 Å². The van der Waals surface area contributed by atoms with Crippen LogP contribution in [-0.2, 0) is 0 Å². The van der Waals surface area contributed by atoms with Crippen molar-refractivity contribution in [2.75, 3.05) is 19.1 Å². The summed E-state index contributed by atoms with van der Waals surface area (Å²) in [5.41, 5.74) is 0.593. The summed E-state index contributed by atoms with van der Waals surface area (Å²) in [6, 6.07) is 20.9. The molecule has 214 valence electrons. The molecule has 1 saturated heterocycles. The fourth-order valence-electron chi connectivity index (χ4n) is 7.27. The number of methoxy groups -OCH3 is 2. The van der Waals surface area contributed by atoms with Gasteiger partial charge in [-0.15, -0.1) is 0 Å². The molecule has 2 aliphatic heterocycles. The lowest BCUT2D eigenvalue weighted by Crippen LogP contribution is -2.48. The molecule has 1 aliphatic carbocycles. The Balaban J connectivity index is 1.60. The first-order chi connectivity index (χ1) is 20.8. The summed E-state index contributed by atoms with van der Waals surface area (Å²) in [4.78, 5) is 46.3. The van der Waals surface area contributed by atoms with Crippen LogP contribution in [0.25, 0.3) is 6.08 Å². The monoisotopic (exact) mass is 593 g/mol. The van der Waals surface area contributed by atoms with E-state index in [1.165, 1.54) is 26.4 Å². The predicted molar refractivity (Wildman–Crippen MR) is 161 cm³/mol. The maximum absolute atomic E-state index is 14.8. The molecule has 4 aromatic carbocycles. The molecule has 43 heavy (non-hydrogen) atoms. The molecule has 2 heterocycles. The van der Waals surface area contributed by atoms with Gasteiger partial charge in [-0.05, 0) is 36.4 Å². The third-order valence-electron chi connectivity index (χ3n) is 8.94. The van der Waals surface area contributed by atoms with E-state index in [1.807, 2.05) is 0 Å². The fourth-order valence-corrected chi connectivity index (χ4v) is 7.50. The third-order valence-corrected chi connectivity index (χ3v) is 9.27. The quantitative estimate of drug-likeness (QED) is 0.187. The summed E-state index contributed by atoms with van der Waals surface area (Å²) in [5, 5.41) is 0.237. The molecule has 6 nitrogen and oxygen atoms in total. The maximum Gasteiger partial charge on any atom is 0.187 e. The Bertz CT molecular complexity index is 1850. The SMILES string of the molecule is COc1cccc([C@H]2[C@@H](C(=O)c3ccccc3Cl)N3c4ccc(F)cc4C=C[C@@H]3C23C(=O)c2ccccc2C3=O)c1OC. The highest BCUT2D eigenvalue weighted by atomic mass is 35.5. The van der Waals surface area contributed by atoms with Crippen molar-refractivity contribution < 1.29 is 28.2 Å². The van der Waals surface area contributed by atoms with Gasteiger partial charge in [0.1, 0.15) is 17.3 Å². The van der Waals surface area contributed by atoms with Crippen molar-refractivity contribution >= 4 is 40.7 Å². The van der Waals surface area contributed by atoms with Crippen LogP contribution in [0, 0.1) is 11.2 Å². The van der Waals surface area contributed by atoms with E-state index in [1.54, 1.807) is 89.8 Å². The summed E-state index contributed by atoms with van der Waals surface area (Å²) >= 11 is 6.59. The number of carbonyl (C=O) groups is 3. The molecule has 0 bridgehead atoms. The Morgan fingerprint density at radius 2 is 1.58 bits per heavy atom. The second-order valence-corrected chi connectivity index (χ2v) is 11.2. The first-order valence-electron chi connectivity index (χ1n) is 13.8. The number of ketones is 3. The summed E-state index contributed by atoms with van der Waals surface area (Å²) in [5.74, 6) is -1.95. The Labute approximate surface area is 252 Å². The van der Waals surface area contributed by atoms with Crippen molar-refractivity contribution in [2.24, 2.45) is 5.41 Å². The number of halogens is 2. The molecule has 7 rings (SSSR count). The number of benzene rings is 4. The zero-order valence-electron chi connectivity index (χ0n) is 23.2. The number of carbonyl (C=O) groups excluding carboxylic acids is 3. The van der Waals surface area contributed by atoms with Crippen LogP contribution in [0.15, 0.2) is 91.0 Å². The van der Waals surface area contributed by atoms with Crippen LogP contribution in [0.1, 0.15) is 48.1 Å². The minimum Gasteiger partial charge on any atom is -0.493 e. The summed E-state index contributed by atoms with van der Waals surface area (Å²) in [6.07, 6.45) is 3.45. The molecule has 1 fully saturated rings. The number of fused-ring (bicyclic) bond motifs is 5. The topological polar surface area (TPSA) is 72.9 Å². The van der Waals surface area contributed by atoms with Crippen molar-refractivity contribution in [1.82, 2.24) is 0 Å². The van der Waals surface area contributed by atoms with Crippen LogP contribution in [0.2, 0.25) is 5.02 Å². The van der Waals surface area contributed by atoms with Crippen LogP contribution >= 0.6 is 11.6 Å². The first-order valence-corrected chi connectivity index (χ1v) is 14.2. The van der Waals surface area contributed by atoms with E-state index in [0.29, 0.717) is 39.4 Å². The second kappa shape index (κ2) is 9.92. The van der Waals surface area contributed by atoms with Crippen molar-refractivity contribution in [2.45, 2.75) is 18.0 Å².